The van der Waals surface area contributed by atoms with Gasteiger partial charge in [0.05, 0.1) is 6.21 Å². The minimum Gasteiger partial charge on any atom is -0.331 e. The van der Waals surface area contributed by atoms with E-state index in [9.17, 15) is 0 Å². The van der Waals surface area contributed by atoms with E-state index in [2.05, 4.69) is 41.0 Å². The maximum atomic E-state index is 6.08. The lowest BCUT2D eigenvalue weighted by Crippen LogP contribution is -2.24. The van der Waals surface area contributed by atoms with Crippen LogP contribution in [0.2, 0.25) is 5.02 Å². The lowest BCUT2D eigenvalue weighted by atomic mass is 10.1. The molecule has 0 saturated carbocycles. The molecule has 3 nitrogen and oxygen atoms in total. The number of hydrogen-bond donors (Lipinski definition) is 2. The number of rotatable bonds is 3. The molecule has 114 valence electrons. The summed E-state index contributed by atoms with van der Waals surface area (Å²) in [5.74, 6) is 0. The molecule has 2 aromatic carbocycles. The lowest BCUT2D eigenvalue weighted by molar-refractivity contribution is 1.05. The molecular formula is C17H18ClN3S. The molecule has 5 heteroatoms. The molecule has 0 unspecified atom stereocenters. The van der Waals surface area contributed by atoms with Gasteiger partial charge >= 0.3 is 0 Å². The minimum absolute atomic E-state index is 0.423. The van der Waals surface area contributed by atoms with Crippen LogP contribution in [0, 0.1) is 20.8 Å². The highest BCUT2D eigenvalue weighted by Crippen LogP contribution is 2.22. The maximum Gasteiger partial charge on any atom is 0.191 e. The van der Waals surface area contributed by atoms with E-state index in [1.807, 2.05) is 32.0 Å². The van der Waals surface area contributed by atoms with E-state index in [1.165, 1.54) is 11.1 Å². The first-order chi connectivity index (χ1) is 10.5. The molecule has 0 aliphatic heterocycles. The van der Waals surface area contributed by atoms with Crippen LogP contribution in [-0.4, -0.2) is 11.3 Å². The van der Waals surface area contributed by atoms with Crippen LogP contribution in [0.25, 0.3) is 0 Å². The van der Waals surface area contributed by atoms with Crippen molar-refractivity contribution in [2.45, 2.75) is 20.8 Å². The summed E-state index contributed by atoms with van der Waals surface area (Å²) in [6, 6.07) is 11.9. The molecule has 0 bridgehead atoms. The van der Waals surface area contributed by atoms with Gasteiger partial charge in [-0.05, 0) is 61.8 Å². The third-order valence-corrected chi connectivity index (χ3v) is 3.92. The van der Waals surface area contributed by atoms with Crippen molar-refractivity contribution in [3.63, 3.8) is 0 Å². The van der Waals surface area contributed by atoms with Gasteiger partial charge in [-0.1, -0.05) is 41.4 Å². The number of benzene rings is 2. The van der Waals surface area contributed by atoms with Crippen LogP contribution in [0.4, 0.5) is 5.69 Å². The van der Waals surface area contributed by atoms with Gasteiger partial charge in [0.25, 0.3) is 0 Å². The Hall–Kier alpha value is -1.91. The monoisotopic (exact) mass is 331 g/mol. The van der Waals surface area contributed by atoms with E-state index in [4.69, 9.17) is 23.8 Å². The molecule has 22 heavy (non-hydrogen) atoms. The minimum atomic E-state index is 0.423. The molecule has 0 amide bonds. The molecule has 2 N–H and O–H groups in total. The van der Waals surface area contributed by atoms with Gasteiger partial charge in [-0.25, -0.2) is 0 Å². The normalized spacial score (nSPS) is 10.7. The van der Waals surface area contributed by atoms with Gasteiger partial charge in [0, 0.05) is 10.7 Å². The smallest absolute Gasteiger partial charge is 0.191 e. The lowest BCUT2D eigenvalue weighted by Gasteiger charge is -2.10. The van der Waals surface area contributed by atoms with Crippen molar-refractivity contribution in [3.05, 3.63) is 63.7 Å². The molecule has 0 aliphatic rings. The van der Waals surface area contributed by atoms with Gasteiger partial charge in [0.15, 0.2) is 5.11 Å². The highest BCUT2D eigenvalue weighted by atomic mass is 35.5. The molecule has 0 radical (unpaired) electrons. The number of anilines is 1. The number of nitrogens with zero attached hydrogens (tertiary/aromatic N) is 1. The second kappa shape index (κ2) is 7.38. The van der Waals surface area contributed by atoms with Crippen molar-refractivity contribution in [2.24, 2.45) is 5.10 Å². The van der Waals surface area contributed by atoms with Crippen LogP contribution in [0.15, 0.2) is 41.5 Å². The molecule has 0 aliphatic carbocycles. The third kappa shape index (κ3) is 4.29. The van der Waals surface area contributed by atoms with Gasteiger partial charge in [0.2, 0.25) is 0 Å². The van der Waals surface area contributed by atoms with Crippen LogP contribution in [0.3, 0.4) is 0 Å². The quantitative estimate of drug-likeness (QED) is 0.491. The van der Waals surface area contributed by atoms with Crippen molar-refractivity contribution in [1.82, 2.24) is 5.43 Å². The summed E-state index contributed by atoms with van der Waals surface area (Å²) >= 11 is 11.3. The zero-order valence-corrected chi connectivity index (χ0v) is 14.3. The summed E-state index contributed by atoms with van der Waals surface area (Å²) in [6.45, 7) is 6.04. The van der Waals surface area contributed by atoms with Crippen molar-refractivity contribution in [3.8, 4) is 0 Å². The summed E-state index contributed by atoms with van der Waals surface area (Å²) in [4.78, 5) is 0. The molecule has 2 aromatic rings. The second-order valence-corrected chi connectivity index (χ2v) is 5.91. The van der Waals surface area contributed by atoms with Crippen LogP contribution >= 0.6 is 23.8 Å². The topological polar surface area (TPSA) is 36.4 Å². The van der Waals surface area contributed by atoms with Crippen molar-refractivity contribution < 1.29 is 0 Å². The van der Waals surface area contributed by atoms with Gasteiger partial charge < -0.3 is 5.32 Å². The molecule has 0 heterocycles. The van der Waals surface area contributed by atoms with E-state index < -0.39 is 0 Å². The largest absolute Gasteiger partial charge is 0.331 e. The van der Waals surface area contributed by atoms with Crippen molar-refractivity contribution >= 4 is 40.8 Å². The summed E-state index contributed by atoms with van der Waals surface area (Å²) in [7, 11) is 0. The summed E-state index contributed by atoms with van der Waals surface area (Å²) in [6.07, 6.45) is 1.77. The Morgan fingerprint density at radius 2 is 1.95 bits per heavy atom. The molecule has 0 fully saturated rings. The van der Waals surface area contributed by atoms with Crippen molar-refractivity contribution in [2.75, 3.05) is 5.32 Å². The standard InChI is InChI=1S/C17H18ClN3S/c1-11-7-8-12(2)14(9-11)10-19-21-17(22)20-16-6-4-5-15(18)13(16)3/h4-10H,1-3H3,(H2,20,21,22)/b19-10-. The van der Waals surface area contributed by atoms with E-state index in [0.717, 1.165) is 16.8 Å². The first-order valence-electron chi connectivity index (χ1n) is 6.90. The Balaban J connectivity index is 1.99. The number of thiocarbonyl (C=S) groups is 1. The van der Waals surface area contributed by atoms with Crippen LogP contribution in [-0.2, 0) is 0 Å². The number of aryl methyl sites for hydroxylation is 2. The van der Waals surface area contributed by atoms with Crippen LogP contribution in [0.1, 0.15) is 22.3 Å². The van der Waals surface area contributed by atoms with E-state index in [1.54, 1.807) is 6.21 Å². The van der Waals surface area contributed by atoms with Gasteiger partial charge in [-0.15, -0.1) is 0 Å². The fourth-order valence-corrected chi connectivity index (χ4v) is 2.29. The highest BCUT2D eigenvalue weighted by Gasteiger charge is 2.03. The molecule has 0 spiro atoms. The zero-order chi connectivity index (χ0) is 16.1. The number of nitrogens with one attached hydrogen (secondary N) is 2. The Morgan fingerprint density at radius 3 is 2.73 bits per heavy atom. The van der Waals surface area contributed by atoms with E-state index in [-0.39, 0.29) is 0 Å². The average molecular weight is 332 g/mol. The first-order valence-corrected chi connectivity index (χ1v) is 7.68. The highest BCUT2D eigenvalue weighted by molar-refractivity contribution is 7.80. The molecular weight excluding hydrogens is 314 g/mol. The second-order valence-electron chi connectivity index (χ2n) is 5.10. The van der Waals surface area contributed by atoms with Gasteiger partial charge in [-0.2, -0.15) is 5.10 Å². The number of hydrazone groups is 1. The fraction of sp³-hybridized carbons (Fsp3) is 0.176. The fourth-order valence-electron chi connectivity index (χ4n) is 1.95. The van der Waals surface area contributed by atoms with Gasteiger partial charge in [0.1, 0.15) is 0 Å². The third-order valence-electron chi connectivity index (χ3n) is 3.32. The Kier molecular flexibility index (Phi) is 5.52. The maximum absolute atomic E-state index is 6.08. The first kappa shape index (κ1) is 16.5. The number of hydrogen-bond acceptors (Lipinski definition) is 2. The average Bonchev–Trinajstić information content (AvgIpc) is 2.47. The Bertz CT molecular complexity index is 726. The van der Waals surface area contributed by atoms with Crippen LogP contribution < -0.4 is 10.7 Å². The van der Waals surface area contributed by atoms with Crippen molar-refractivity contribution in [1.29, 1.82) is 0 Å². The van der Waals surface area contributed by atoms with Gasteiger partial charge in [-0.3, -0.25) is 5.43 Å². The predicted octanol–water partition coefficient (Wildman–Crippen LogP) is 4.59. The van der Waals surface area contributed by atoms with E-state index >= 15 is 0 Å². The molecule has 2 rings (SSSR count). The predicted molar refractivity (Wildman–Crippen MR) is 99.1 cm³/mol. The summed E-state index contributed by atoms with van der Waals surface area (Å²) in [5.41, 5.74) is 8.07. The molecule has 0 atom stereocenters. The molecule has 0 aromatic heterocycles. The van der Waals surface area contributed by atoms with E-state index in [0.29, 0.717) is 10.1 Å². The SMILES string of the molecule is Cc1ccc(C)c(/C=N\NC(=S)Nc2cccc(Cl)c2C)c1. The Morgan fingerprint density at radius 1 is 1.18 bits per heavy atom. The zero-order valence-electron chi connectivity index (χ0n) is 12.8. The summed E-state index contributed by atoms with van der Waals surface area (Å²) < 4.78 is 0. The Labute approximate surface area is 141 Å². The molecule has 0 saturated heterocycles. The van der Waals surface area contributed by atoms with Crippen LogP contribution in [0.5, 0.6) is 0 Å². The number of halogens is 1. The summed E-state index contributed by atoms with van der Waals surface area (Å²) in [5, 5.41) is 8.39.